The summed E-state index contributed by atoms with van der Waals surface area (Å²) in [6.45, 7) is 0. The number of ether oxygens (including phenoxy) is 1. The molecule has 13 heteroatoms. The standard InChI is InChI=1S/C11H8F6O6S/c12-10(13,14)9(11(15,16)17,5-24(20,21)22)23-8(19)6-1-3-7(18)4-2-6/h1-4,18H,5H2,(H,20,21,22). The van der Waals surface area contributed by atoms with E-state index in [1.54, 1.807) is 0 Å². The molecular formula is C11H8F6O6S. The van der Waals surface area contributed by atoms with Gasteiger partial charge in [-0.2, -0.15) is 34.8 Å². The fourth-order valence-corrected chi connectivity index (χ4v) is 2.44. The predicted octanol–water partition coefficient (Wildman–Crippen LogP) is 2.30. The molecule has 2 N–H and O–H groups in total. The molecule has 1 aromatic carbocycles. The number of aromatic hydroxyl groups is 1. The van der Waals surface area contributed by atoms with Crippen molar-refractivity contribution in [3.8, 4) is 5.75 Å². The lowest BCUT2D eigenvalue weighted by Gasteiger charge is -2.35. The second-order valence-corrected chi connectivity index (χ2v) is 5.94. The quantitative estimate of drug-likeness (QED) is 0.471. The maximum atomic E-state index is 12.9. The number of hydrogen-bond acceptors (Lipinski definition) is 5. The first-order chi connectivity index (χ1) is 10.6. The molecule has 0 atom stereocenters. The number of esters is 1. The highest BCUT2D eigenvalue weighted by molar-refractivity contribution is 7.85. The van der Waals surface area contributed by atoms with Crippen LogP contribution in [0.4, 0.5) is 26.3 Å². The average molecular weight is 382 g/mol. The summed E-state index contributed by atoms with van der Waals surface area (Å²) in [6.07, 6.45) is -12.8. The molecule has 24 heavy (non-hydrogen) atoms. The molecule has 0 saturated heterocycles. The summed E-state index contributed by atoms with van der Waals surface area (Å²) in [5.74, 6) is -5.56. The topological polar surface area (TPSA) is 101 Å². The van der Waals surface area contributed by atoms with Crippen LogP contribution in [0.3, 0.4) is 0 Å². The molecule has 0 unspecified atom stereocenters. The largest absolute Gasteiger partial charge is 0.508 e. The van der Waals surface area contributed by atoms with Gasteiger partial charge in [0.15, 0.2) is 0 Å². The van der Waals surface area contributed by atoms with E-state index in [4.69, 9.17) is 9.66 Å². The highest BCUT2D eigenvalue weighted by Gasteiger charge is 2.76. The molecule has 0 radical (unpaired) electrons. The SMILES string of the molecule is O=C(OC(CS(=O)(=O)O)(C(F)(F)F)C(F)(F)F)c1ccc(O)cc1. The Kier molecular flexibility index (Phi) is 5.11. The second-order valence-electron chi connectivity index (χ2n) is 4.49. The minimum Gasteiger partial charge on any atom is -0.508 e. The Morgan fingerprint density at radius 2 is 1.42 bits per heavy atom. The lowest BCUT2D eigenvalue weighted by atomic mass is 10.1. The monoisotopic (exact) mass is 382 g/mol. The van der Waals surface area contributed by atoms with E-state index in [-0.39, 0.29) is 0 Å². The van der Waals surface area contributed by atoms with Gasteiger partial charge in [0.2, 0.25) is 0 Å². The van der Waals surface area contributed by atoms with E-state index >= 15 is 0 Å². The second kappa shape index (κ2) is 6.12. The third kappa shape index (κ3) is 4.29. The van der Waals surface area contributed by atoms with Gasteiger partial charge in [0.25, 0.3) is 10.1 Å². The van der Waals surface area contributed by atoms with Gasteiger partial charge in [-0.25, -0.2) is 4.79 Å². The Morgan fingerprint density at radius 1 is 1.00 bits per heavy atom. The van der Waals surface area contributed by atoms with E-state index in [0.717, 1.165) is 12.1 Å². The zero-order chi connectivity index (χ0) is 19.0. The third-order valence-corrected chi connectivity index (χ3v) is 3.44. The molecular weight excluding hydrogens is 374 g/mol. The van der Waals surface area contributed by atoms with Gasteiger partial charge >= 0.3 is 23.9 Å². The van der Waals surface area contributed by atoms with Crippen LogP contribution in [0.25, 0.3) is 0 Å². The van der Waals surface area contributed by atoms with Gasteiger partial charge in [-0.3, -0.25) is 4.55 Å². The molecule has 136 valence electrons. The Balaban J connectivity index is 3.42. The van der Waals surface area contributed by atoms with Crippen LogP contribution >= 0.6 is 0 Å². The zero-order valence-corrected chi connectivity index (χ0v) is 12.0. The number of carbonyl (C=O) groups is 1. The smallest absolute Gasteiger partial charge is 0.438 e. The number of benzene rings is 1. The van der Waals surface area contributed by atoms with Gasteiger partial charge in [-0.15, -0.1) is 0 Å². The molecule has 0 fully saturated rings. The predicted molar refractivity (Wildman–Crippen MR) is 64.8 cm³/mol. The van der Waals surface area contributed by atoms with Gasteiger partial charge < -0.3 is 9.84 Å². The minimum absolute atomic E-state index is 0.442. The number of halogens is 6. The van der Waals surface area contributed by atoms with Crippen molar-refractivity contribution >= 4 is 16.1 Å². The van der Waals surface area contributed by atoms with Crippen LogP contribution in [-0.2, 0) is 14.9 Å². The average Bonchev–Trinajstić information content (AvgIpc) is 2.34. The van der Waals surface area contributed by atoms with Gasteiger partial charge in [0.1, 0.15) is 11.5 Å². The summed E-state index contributed by atoms with van der Waals surface area (Å²) >= 11 is 0. The number of hydrogen-bond donors (Lipinski definition) is 2. The molecule has 0 aliphatic carbocycles. The summed E-state index contributed by atoms with van der Waals surface area (Å²) in [7, 11) is -5.84. The minimum atomic E-state index is -6.40. The Hall–Kier alpha value is -2.02. The fourth-order valence-electron chi connectivity index (χ4n) is 1.54. The van der Waals surface area contributed by atoms with Crippen molar-refractivity contribution in [1.29, 1.82) is 0 Å². The number of rotatable bonds is 4. The Bertz CT molecular complexity index is 692. The molecule has 1 rings (SSSR count). The maximum absolute atomic E-state index is 12.9. The summed E-state index contributed by atoms with van der Waals surface area (Å²) in [5.41, 5.74) is -6.29. The summed E-state index contributed by atoms with van der Waals surface area (Å²) < 4.78 is 111. The molecule has 0 saturated carbocycles. The number of phenols is 1. The van der Waals surface area contributed by atoms with E-state index in [2.05, 4.69) is 4.74 Å². The highest BCUT2D eigenvalue weighted by atomic mass is 32.2. The number of phenolic OH excluding ortho intramolecular Hbond substituents is 1. The van der Waals surface area contributed by atoms with E-state index < -0.39 is 51.1 Å². The normalized spacial score (nSPS) is 13.6. The van der Waals surface area contributed by atoms with E-state index in [0.29, 0.717) is 12.1 Å². The van der Waals surface area contributed by atoms with Gasteiger partial charge in [0, 0.05) is 0 Å². The molecule has 0 bridgehead atoms. The molecule has 0 spiro atoms. The van der Waals surface area contributed by atoms with E-state index in [1.165, 1.54) is 0 Å². The van der Waals surface area contributed by atoms with Crippen LogP contribution in [0.5, 0.6) is 5.75 Å². The van der Waals surface area contributed by atoms with Crippen LogP contribution in [0.2, 0.25) is 0 Å². The van der Waals surface area contributed by atoms with Crippen molar-refractivity contribution in [3.63, 3.8) is 0 Å². The molecule has 0 heterocycles. The van der Waals surface area contributed by atoms with Gasteiger partial charge in [-0.05, 0) is 24.3 Å². The van der Waals surface area contributed by atoms with E-state index in [9.17, 15) is 39.6 Å². The van der Waals surface area contributed by atoms with Crippen molar-refractivity contribution in [1.82, 2.24) is 0 Å². The molecule has 1 aromatic rings. The summed E-state index contributed by atoms with van der Waals surface area (Å²) in [6, 6.07) is 2.87. The first-order valence-electron chi connectivity index (χ1n) is 5.70. The summed E-state index contributed by atoms with van der Waals surface area (Å²) in [5, 5.41) is 8.96. The Labute approximate surface area is 130 Å². The molecule has 0 aromatic heterocycles. The molecule has 0 aliphatic heterocycles. The number of carbonyl (C=O) groups excluding carboxylic acids is 1. The summed E-state index contributed by atoms with van der Waals surface area (Å²) in [4.78, 5) is 11.6. The Morgan fingerprint density at radius 3 is 1.75 bits per heavy atom. The van der Waals surface area contributed by atoms with Crippen molar-refractivity contribution in [3.05, 3.63) is 29.8 Å². The molecule has 0 aliphatic rings. The lowest BCUT2D eigenvalue weighted by molar-refractivity contribution is -0.356. The zero-order valence-electron chi connectivity index (χ0n) is 11.2. The first-order valence-corrected chi connectivity index (χ1v) is 7.31. The van der Waals surface area contributed by atoms with Crippen molar-refractivity contribution in [2.24, 2.45) is 0 Å². The van der Waals surface area contributed by atoms with Crippen LogP contribution in [0, 0.1) is 0 Å². The van der Waals surface area contributed by atoms with Crippen LogP contribution in [-0.4, -0.2) is 47.8 Å². The van der Waals surface area contributed by atoms with Crippen LogP contribution in [0.1, 0.15) is 10.4 Å². The van der Waals surface area contributed by atoms with Gasteiger partial charge in [-0.1, -0.05) is 0 Å². The van der Waals surface area contributed by atoms with E-state index in [1.807, 2.05) is 0 Å². The molecule has 0 amide bonds. The lowest BCUT2D eigenvalue weighted by Crippen LogP contribution is -2.63. The highest BCUT2D eigenvalue weighted by Crippen LogP contribution is 2.47. The number of alkyl halides is 6. The van der Waals surface area contributed by atoms with Gasteiger partial charge in [0.05, 0.1) is 5.56 Å². The van der Waals surface area contributed by atoms with Crippen LogP contribution < -0.4 is 0 Å². The first kappa shape index (κ1) is 20.0. The molecule has 6 nitrogen and oxygen atoms in total. The maximum Gasteiger partial charge on any atom is 0.438 e. The van der Waals surface area contributed by atoms with Crippen LogP contribution in [0.15, 0.2) is 24.3 Å². The van der Waals surface area contributed by atoms with Crippen molar-refractivity contribution in [2.45, 2.75) is 18.0 Å². The fraction of sp³-hybridized carbons (Fsp3) is 0.364. The van der Waals surface area contributed by atoms with Crippen molar-refractivity contribution in [2.75, 3.05) is 5.75 Å². The third-order valence-electron chi connectivity index (χ3n) is 2.67. The van der Waals surface area contributed by atoms with Crippen molar-refractivity contribution < 1.29 is 54.0 Å².